The highest BCUT2D eigenvalue weighted by molar-refractivity contribution is 5.33. The van der Waals surface area contributed by atoms with Gasteiger partial charge < -0.3 is 0 Å². The quantitative estimate of drug-likeness (QED) is 0.170. The molecule has 0 N–H and O–H groups in total. The van der Waals surface area contributed by atoms with Gasteiger partial charge in [-0.1, -0.05) is 135 Å². The second-order valence-electron chi connectivity index (χ2n) is 14.0. The van der Waals surface area contributed by atoms with Crippen molar-refractivity contribution in [2.45, 2.75) is 127 Å². The van der Waals surface area contributed by atoms with E-state index in [0.717, 1.165) is 19.3 Å². The van der Waals surface area contributed by atoms with E-state index in [-0.39, 0.29) is 0 Å². The fourth-order valence-electron chi connectivity index (χ4n) is 6.26. The van der Waals surface area contributed by atoms with Gasteiger partial charge in [-0.3, -0.25) is 0 Å². The smallest absolute Gasteiger partial charge is 0.0104 e. The van der Waals surface area contributed by atoms with Crippen molar-refractivity contribution in [1.82, 2.24) is 0 Å². The molecule has 0 amide bonds. The van der Waals surface area contributed by atoms with E-state index in [0.29, 0.717) is 16.7 Å². The Balaban J connectivity index is 1.79. The van der Waals surface area contributed by atoms with Crippen molar-refractivity contribution in [3.63, 3.8) is 0 Å². The van der Waals surface area contributed by atoms with Gasteiger partial charge in [-0.25, -0.2) is 0 Å². The van der Waals surface area contributed by atoms with Crippen molar-refractivity contribution in [3.05, 3.63) is 106 Å². The molecule has 2 rings (SSSR count). The van der Waals surface area contributed by atoms with Crippen molar-refractivity contribution in [2.24, 2.45) is 16.7 Å². The predicted octanol–water partition coefficient (Wildman–Crippen LogP) is 12.9. The molecular formula is C40H60. The lowest BCUT2D eigenvalue weighted by molar-refractivity contribution is 0.360. The number of hydrogen-bond donors (Lipinski definition) is 0. The van der Waals surface area contributed by atoms with E-state index >= 15 is 0 Å². The maximum atomic E-state index is 2.45. The van der Waals surface area contributed by atoms with Gasteiger partial charge in [0.1, 0.15) is 0 Å². The summed E-state index contributed by atoms with van der Waals surface area (Å²) in [6.07, 6.45) is 36.1. The topological polar surface area (TPSA) is 0 Å². The molecule has 0 fully saturated rings. The van der Waals surface area contributed by atoms with Gasteiger partial charge in [0.25, 0.3) is 0 Å². The van der Waals surface area contributed by atoms with E-state index in [4.69, 9.17) is 0 Å². The zero-order valence-electron chi connectivity index (χ0n) is 27.8. The molecule has 0 aliphatic heterocycles. The molecule has 0 aromatic carbocycles. The monoisotopic (exact) mass is 540 g/mol. The van der Waals surface area contributed by atoms with Crippen molar-refractivity contribution in [2.75, 3.05) is 0 Å². The molecule has 0 nitrogen and oxygen atoms in total. The minimum Gasteiger partial charge on any atom is -0.0837 e. The summed E-state index contributed by atoms with van der Waals surface area (Å²) in [6.45, 7) is 23.2. The number of rotatable bonds is 12. The molecule has 0 saturated carbocycles. The van der Waals surface area contributed by atoms with Gasteiger partial charge in [0.15, 0.2) is 0 Å². The van der Waals surface area contributed by atoms with Crippen molar-refractivity contribution >= 4 is 0 Å². The van der Waals surface area contributed by atoms with Crippen LogP contribution in [0.15, 0.2) is 106 Å². The normalized spacial score (nSPS) is 22.1. The lowest BCUT2D eigenvalue weighted by atomic mass is 9.71. The van der Waals surface area contributed by atoms with Crippen molar-refractivity contribution < 1.29 is 0 Å². The van der Waals surface area contributed by atoms with Crippen LogP contribution in [-0.4, -0.2) is 0 Å². The standard InChI is InChI=1S/C40H60/c1-31(19-13-21-33(3)25-27-37-35(5)23-15-29-39(37,7)8)17-11-12-18-32(2)20-14-22-34(4)26-28-38-36(6)24-16-30-40(38,9)10/h11-14,17-20,25-27,33H,15-16,21-24,28-30H2,1-10H3/b12-11+,19-13?,20-14+,27-25+,31-17+,32-18+,34-26+. The molecule has 0 saturated heterocycles. The Hall–Kier alpha value is -2.34. The SMILES string of the molecule is CC1=C(/C=C/C(C)CC=C/C(C)=C/C=C/C=C(C)/C=C/C/C(C)=C/CC2=C(C)CCCC2(C)C)C(C)(C)CCC1. The van der Waals surface area contributed by atoms with Gasteiger partial charge in [-0.05, 0) is 115 Å². The van der Waals surface area contributed by atoms with Crippen LogP contribution >= 0.6 is 0 Å². The third-order valence-electron chi connectivity index (χ3n) is 9.01. The van der Waals surface area contributed by atoms with Crippen LogP contribution < -0.4 is 0 Å². The van der Waals surface area contributed by atoms with Gasteiger partial charge in [0.2, 0.25) is 0 Å². The van der Waals surface area contributed by atoms with E-state index in [2.05, 4.69) is 136 Å². The highest BCUT2D eigenvalue weighted by Gasteiger charge is 2.27. The molecule has 1 unspecified atom stereocenters. The lowest BCUT2D eigenvalue weighted by Crippen LogP contribution is -2.20. The Labute approximate surface area is 249 Å². The molecule has 0 bridgehead atoms. The minimum atomic E-state index is 0.321. The van der Waals surface area contributed by atoms with Crippen molar-refractivity contribution in [3.8, 4) is 0 Å². The summed E-state index contributed by atoms with van der Waals surface area (Å²) in [4.78, 5) is 0. The van der Waals surface area contributed by atoms with E-state index in [1.165, 1.54) is 55.2 Å². The first-order valence-corrected chi connectivity index (χ1v) is 15.9. The summed E-state index contributed by atoms with van der Waals surface area (Å²) in [7, 11) is 0. The highest BCUT2D eigenvalue weighted by Crippen LogP contribution is 2.42. The Morgan fingerprint density at radius 3 is 1.98 bits per heavy atom. The molecule has 2 aliphatic rings. The Kier molecular flexibility index (Phi) is 13.7. The average Bonchev–Trinajstić information content (AvgIpc) is 2.85. The van der Waals surface area contributed by atoms with Gasteiger partial charge in [-0.2, -0.15) is 0 Å². The van der Waals surface area contributed by atoms with Crippen LogP contribution in [-0.2, 0) is 0 Å². The average molecular weight is 541 g/mol. The van der Waals surface area contributed by atoms with Crippen LogP contribution in [0.4, 0.5) is 0 Å². The Bertz CT molecular complexity index is 1110. The third kappa shape index (κ3) is 11.6. The summed E-state index contributed by atoms with van der Waals surface area (Å²) in [5, 5.41) is 0. The molecule has 0 heterocycles. The molecule has 40 heavy (non-hydrogen) atoms. The molecule has 0 spiro atoms. The van der Waals surface area contributed by atoms with Gasteiger partial charge in [0.05, 0.1) is 0 Å². The van der Waals surface area contributed by atoms with Crippen LogP contribution in [0.2, 0.25) is 0 Å². The van der Waals surface area contributed by atoms with E-state index in [9.17, 15) is 0 Å². The molecule has 0 heteroatoms. The number of hydrogen-bond acceptors (Lipinski definition) is 0. The van der Waals surface area contributed by atoms with E-state index in [1.54, 1.807) is 22.3 Å². The maximum absolute atomic E-state index is 2.45. The number of allylic oxidation sites excluding steroid dienone is 18. The zero-order valence-corrected chi connectivity index (χ0v) is 27.8. The van der Waals surface area contributed by atoms with Crippen molar-refractivity contribution in [1.29, 1.82) is 0 Å². The predicted molar refractivity (Wildman–Crippen MR) is 182 cm³/mol. The molecule has 0 aromatic rings. The van der Waals surface area contributed by atoms with Gasteiger partial charge in [-0.15, -0.1) is 0 Å². The summed E-state index contributed by atoms with van der Waals surface area (Å²) >= 11 is 0. The summed E-state index contributed by atoms with van der Waals surface area (Å²) < 4.78 is 0. The zero-order chi connectivity index (χ0) is 29.8. The molecule has 1 atom stereocenters. The lowest BCUT2D eigenvalue weighted by Gasteiger charge is -2.34. The largest absolute Gasteiger partial charge is 0.0837 e. The van der Waals surface area contributed by atoms with Gasteiger partial charge in [0, 0.05) is 0 Å². The fraction of sp³-hybridized carbons (Fsp3) is 0.550. The van der Waals surface area contributed by atoms with Crippen LogP contribution in [0.3, 0.4) is 0 Å². The minimum absolute atomic E-state index is 0.321. The van der Waals surface area contributed by atoms with Crippen LogP contribution in [0.5, 0.6) is 0 Å². The first-order chi connectivity index (χ1) is 18.8. The Morgan fingerprint density at radius 2 is 1.38 bits per heavy atom. The van der Waals surface area contributed by atoms with E-state index in [1.807, 2.05) is 0 Å². The molecule has 0 aromatic heterocycles. The molecule has 0 radical (unpaired) electrons. The summed E-state index contributed by atoms with van der Waals surface area (Å²) in [6, 6.07) is 0. The second-order valence-corrected chi connectivity index (χ2v) is 14.0. The Morgan fingerprint density at radius 1 is 0.800 bits per heavy atom. The summed E-state index contributed by atoms with van der Waals surface area (Å²) in [5.74, 6) is 0.550. The maximum Gasteiger partial charge on any atom is -0.0104 e. The first-order valence-electron chi connectivity index (χ1n) is 15.9. The van der Waals surface area contributed by atoms with Crippen LogP contribution in [0.1, 0.15) is 127 Å². The van der Waals surface area contributed by atoms with Crippen LogP contribution in [0, 0.1) is 16.7 Å². The van der Waals surface area contributed by atoms with Crippen LogP contribution in [0.25, 0.3) is 0 Å². The van der Waals surface area contributed by atoms with E-state index < -0.39 is 0 Å². The van der Waals surface area contributed by atoms with Gasteiger partial charge >= 0.3 is 0 Å². The molecule has 220 valence electrons. The first kappa shape index (κ1) is 33.9. The second kappa shape index (κ2) is 16.2. The highest BCUT2D eigenvalue weighted by atomic mass is 14.3. The fourth-order valence-corrected chi connectivity index (χ4v) is 6.26. The summed E-state index contributed by atoms with van der Waals surface area (Å²) in [5.41, 5.74) is 11.1. The molecule has 2 aliphatic carbocycles. The molecular weight excluding hydrogens is 480 g/mol. The third-order valence-corrected chi connectivity index (χ3v) is 9.01.